The number of thioether (sulfide) groups is 1. The summed E-state index contributed by atoms with van der Waals surface area (Å²) in [6.07, 6.45) is 0. The molecular weight excluding hydrogens is 412 g/mol. The summed E-state index contributed by atoms with van der Waals surface area (Å²) >= 11 is 1.36. The Morgan fingerprint density at radius 2 is 1.90 bits per heavy atom. The molecule has 0 saturated heterocycles. The van der Waals surface area contributed by atoms with Crippen molar-refractivity contribution in [2.24, 2.45) is 0 Å². The maximum absolute atomic E-state index is 13.1. The number of para-hydroxylation sites is 1. The zero-order valence-electron chi connectivity index (χ0n) is 17.6. The number of hydrogen-bond acceptors (Lipinski definition) is 7. The molecule has 0 bridgehead atoms. The molecule has 9 heteroatoms. The van der Waals surface area contributed by atoms with Crippen LogP contribution in [0, 0.1) is 27.7 Å². The van der Waals surface area contributed by atoms with Gasteiger partial charge in [-0.2, -0.15) is 4.52 Å². The molecule has 0 aliphatic carbocycles. The molecule has 4 heterocycles. The Morgan fingerprint density at radius 1 is 1.10 bits per heavy atom. The first-order valence-corrected chi connectivity index (χ1v) is 10.8. The van der Waals surface area contributed by atoms with Gasteiger partial charge in [-0.3, -0.25) is 9.36 Å². The van der Waals surface area contributed by atoms with Gasteiger partial charge in [0.15, 0.2) is 22.4 Å². The molecule has 0 atom stereocenters. The van der Waals surface area contributed by atoms with E-state index < -0.39 is 0 Å². The predicted octanol–water partition coefficient (Wildman–Crippen LogP) is 4.26. The largest absolute Gasteiger partial charge is 0.360 e. The molecule has 0 amide bonds. The fourth-order valence-corrected chi connectivity index (χ4v) is 4.62. The third-order valence-electron chi connectivity index (χ3n) is 5.16. The van der Waals surface area contributed by atoms with Gasteiger partial charge in [0.25, 0.3) is 0 Å². The third-order valence-corrected chi connectivity index (χ3v) is 6.09. The molecule has 0 saturated carbocycles. The molecule has 0 aliphatic rings. The highest BCUT2D eigenvalue weighted by Gasteiger charge is 2.20. The molecule has 5 rings (SSSR count). The first kappa shape index (κ1) is 19.5. The number of aryl methyl sites for hydroxylation is 3. The number of carbonyl (C=O) groups excluding carboxylic acids is 1. The minimum Gasteiger partial charge on any atom is -0.360 e. The summed E-state index contributed by atoms with van der Waals surface area (Å²) < 4.78 is 8.85. The van der Waals surface area contributed by atoms with Crippen LogP contribution in [0.5, 0.6) is 0 Å². The Bertz CT molecular complexity index is 1460. The van der Waals surface area contributed by atoms with Gasteiger partial charge in [0, 0.05) is 28.4 Å². The zero-order chi connectivity index (χ0) is 21.7. The number of aromatic nitrogens is 6. The number of ketones is 1. The van der Waals surface area contributed by atoms with Crippen LogP contribution in [0.25, 0.3) is 22.4 Å². The number of carbonyl (C=O) groups is 1. The zero-order valence-corrected chi connectivity index (χ0v) is 18.4. The van der Waals surface area contributed by atoms with E-state index in [2.05, 4.69) is 15.2 Å². The van der Waals surface area contributed by atoms with Crippen LogP contribution in [0.2, 0.25) is 0 Å². The number of nitrogens with zero attached hydrogens (tertiary/aromatic N) is 6. The number of fused-ring (bicyclic) bond motifs is 3. The second-order valence-electron chi connectivity index (χ2n) is 7.43. The van der Waals surface area contributed by atoms with E-state index in [1.807, 2.05) is 68.7 Å². The van der Waals surface area contributed by atoms with Crippen LogP contribution in [0.3, 0.4) is 0 Å². The fraction of sp³-hybridized carbons (Fsp3) is 0.227. The summed E-state index contributed by atoms with van der Waals surface area (Å²) in [6.45, 7) is 7.56. The minimum atomic E-state index is 0.0181. The van der Waals surface area contributed by atoms with Crippen LogP contribution < -0.4 is 0 Å². The highest BCUT2D eigenvalue weighted by atomic mass is 32.2. The van der Waals surface area contributed by atoms with Gasteiger partial charge in [0.2, 0.25) is 0 Å². The Kier molecular flexibility index (Phi) is 4.62. The Balaban J connectivity index is 1.47. The lowest BCUT2D eigenvalue weighted by Gasteiger charge is -2.07. The Hall–Kier alpha value is -3.46. The number of benzene rings is 1. The summed E-state index contributed by atoms with van der Waals surface area (Å²) in [5.74, 6) is 2.32. The predicted molar refractivity (Wildman–Crippen MR) is 118 cm³/mol. The molecule has 5 aromatic rings. The average Bonchev–Trinajstić information content (AvgIpc) is 3.42. The van der Waals surface area contributed by atoms with Gasteiger partial charge in [-0.15, -0.1) is 5.10 Å². The van der Waals surface area contributed by atoms with Gasteiger partial charge in [0.1, 0.15) is 11.6 Å². The lowest BCUT2D eigenvalue weighted by molar-refractivity contribution is 0.102. The van der Waals surface area contributed by atoms with Crippen molar-refractivity contribution in [3.63, 3.8) is 0 Å². The van der Waals surface area contributed by atoms with Crippen molar-refractivity contribution in [3.05, 3.63) is 64.9 Å². The standard InChI is InChI=1S/C22H20N6O2S/c1-12-9-17(14(3)27(12)20-10-13(2)30-26-20)19(29)11-31-22-24-18-8-6-5-7-16(18)21-23-15(4)25-28(21)22/h5-10H,11H2,1-4H3. The molecule has 0 fully saturated rings. The first-order valence-electron chi connectivity index (χ1n) is 9.83. The third kappa shape index (κ3) is 3.31. The summed E-state index contributed by atoms with van der Waals surface area (Å²) in [7, 11) is 0. The van der Waals surface area contributed by atoms with Crippen molar-refractivity contribution in [3.8, 4) is 5.82 Å². The smallest absolute Gasteiger partial charge is 0.192 e. The van der Waals surface area contributed by atoms with E-state index in [-0.39, 0.29) is 11.5 Å². The van der Waals surface area contributed by atoms with Crippen LogP contribution in [0.1, 0.15) is 33.3 Å². The quantitative estimate of drug-likeness (QED) is 0.233. The maximum atomic E-state index is 13.1. The van der Waals surface area contributed by atoms with Crippen molar-refractivity contribution < 1.29 is 9.32 Å². The Morgan fingerprint density at radius 3 is 2.68 bits per heavy atom. The molecule has 0 spiro atoms. The van der Waals surface area contributed by atoms with Crippen molar-refractivity contribution in [1.29, 1.82) is 0 Å². The number of Topliss-reactive ketones (excluding diaryl/α,β-unsaturated/α-hetero) is 1. The topological polar surface area (TPSA) is 91.1 Å². The summed E-state index contributed by atoms with van der Waals surface area (Å²) in [6, 6.07) is 11.6. The van der Waals surface area contributed by atoms with Crippen LogP contribution in [-0.2, 0) is 0 Å². The first-order chi connectivity index (χ1) is 14.9. The molecule has 31 heavy (non-hydrogen) atoms. The van der Waals surface area contributed by atoms with Gasteiger partial charge in [-0.05, 0) is 45.9 Å². The summed E-state index contributed by atoms with van der Waals surface area (Å²) in [5.41, 5.74) is 4.01. The van der Waals surface area contributed by atoms with E-state index in [0.29, 0.717) is 22.4 Å². The summed E-state index contributed by atoms with van der Waals surface area (Å²) in [4.78, 5) is 22.4. The highest BCUT2D eigenvalue weighted by Crippen LogP contribution is 2.26. The van der Waals surface area contributed by atoms with Crippen molar-refractivity contribution >= 4 is 34.1 Å². The highest BCUT2D eigenvalue weighted by molar-refractivity contribution is 7.99. The SMILES string of the molecule is Cc1nc2c3ccccc3nc(SCC(=O)c3cc(C)n(-c4cc(C)on4)c3C)n2n1. The van der Waals surface area contributed by atoms with Gasteiger partial charge in [0.05, 0.1) is 11.3 Å². The fourth-order valence-electron chi connectivity index (χ4n) is 3.79. The lowest BCUT2D eigenvalue weighted by atomic mass is 10.2. The molecule has 1 aromatic carbocycles. The van der Waals surface area contributed by atoms with E-state index in [0.717, 1.165) is 33.7 Å². The number of hydrogen-bond donors (Lipinski definition) is 0. The molecule has 4 aromatic heterocycles. The van der Waals surface area contributed by atoms with Gasteiger partial charge in [-0.25, -0.2) is 9.97 Å². The van der Waals surface area contributed by atoms with E-state index in [1.54, 1.807) is 4.52 Å². The molecule has 0 radical (unpaired) electrons. The van der Waals surface area contributed by atoms with Crippen LogP contribution >= 0.6 is 11.8 Å². The van der Waals surface area contributed by atoms with E-state index in [1.165, 1.54) is 11.8 Å². The van der Waals surface area contributed by atoms with E-state index >= 15 is 0 Å². The molecule has 0 N–H and O–H groups in total. The molecule has 0 unspecified atom stereocenters. The van der Waals surface area contributed by atoms with Crippen LogP contribution in [0.4, 0.5) is 0 Å². The molecule has 0 aliphatic heterocycles. The maximum Gasteiger partial charge on any atom is 0.192 e. The normalized spacial score (nSPS) is 11.6. The van der Waals surface area contributed by atoms with Crippen LogP contribution in [-0.4, -0.2) is 40.8 Å². The van der Waals surface area contributed by atoms with Gasteiger partial charge >= 0.3 is 0 Å². The van der Waals surface area contributed by atoms with Crippen LogP contribution in [0.15, 0.2) is 46.1 Å². The van der Waals surface area contributed by atoms with Crippen molar-refractivity contribution in [2.75, 3.05) is 5.75 Å². The van der Waals surface area contributed by atoms with E-state index in [4.69, 9.17) is 9.51 Å². The second-order valence-corrected chi connectivity index (χ2v) is 8.38. The Labute approximate surface area is 182 Å². The molecule has 156 valence electrons. The monoisotopic (exact) mass is 432 g/mol. The van der Waals surface area contributed by atoms with Crippen molar-refractivity contribution in [1.82, 2.24) is 29.3 Å². The average molecular weight is 433 g/mol. The summed E-state index contributed by atoms with van der Waals surface area (Å²) in [5, 5.41) is 10.1. The van der Waals surface area contributed by atoms with E-state index in [9.17, 15) is 4.79 Å². The molecular formula is C22H20N6O2S. The number of rotatable bonds is 5. The van der Waals surface area contributed by atoms with Gasteiger partial charge in [-0.1, -0.05) is 29.1 Å². The molecule has 8 nitrogen and oxygen atoms in total. The van der Waals surface area contributed by atoms with Crippen molar-refractivity contribution in [2.45, 2.75) is 32.9 Å². The second kappa shape index (κ2) is 7.35. The van der Waals surface area contributed by atoms with Gasteiger partial charge < -0.3 is 4.52 Å². The minimum absolute atomic E-state index is 0.0181. The lowest BCUT2D eigenvalue weighted by Crippen LogP contribution is -2.07.